The van der Waals surface area contributed by atoms with Gasteiger partial charge in [-0.3, -0.25) is 9.79 Å². The summed E-state index contributed by atoms with van der Waals surface area (Å²) < 4.78 is 0.908. The Labute approximate surface area is 112 Å². The van der Waals surface area contributed by atoms with Crippen LogP contribution in [-0.4, -0.2) is 21.1 Å². The summed E-state index contributed by atoms with van der Waals surface area (Å²) in [6.07, 6.45) is 5.92. The van der Waals surface area contributed by atoms with Gasteiger partial charge < -0.3 is 17.5 Å². The van der Waals surface area contributed by atoms with Crippen LogP contribution in [0.3, 0.4) is 0 Å². The Balaban J connectivity index is 0.00000128. The lowest BCUT2D eigenvalue weighted by Crippen LogP contribution is -3.06. The van der Waals surface area contributed by atoms with Crippen LogP contribution in [-0.2, 0) is 4.79 Å². The zero-order chi connectivity index (χ0) is 10.8. The van der Waals surface area contributed by atoms with Crippen LogP contribution in [0.4, 0.5) is 0 Å². The zero-order valence-electron chi connectivity index (χ0n) is 8.15. The van der Waals surface area contributed by atoms with Crippen LogP contribution in [0.5, 0.6) is 0 Å². The maximum absolute atomic E-state index is 10.5. The number of halogens is 2. The second-order valence-corrected chi connectivity index (χ2v) is 4.19. The highest BCUT2D eigenvalue weighted by atomic mass is 127. The summed E-state index contributed by atoms with van der Waals surface area (Å²) in [5.41, 5.74) is 1.79. The van der Waals surface area contributed by atoms with Gasteiger partial charge in [0.15, 0.2) is 5.70 Å². The second kappa shape index (κ2) is 5.55. The van der Waals surface area contributed by atoms with Crippen molar-refractivity contribution < 1.29 is 27.2 Å². The molecule has 0 saturated carbocycles. The molecule has 0 radical (unpaired) electrons. The first-order valence-electron chi connectivity index (χ1n) is 4.45. The zero-order valence-corrected chi connectivity index (χ0v) is 11.1. The number of hydrogen-bond acceptors (Lipinski definition) is 3. The van der Waals surface area contributed by atoms with Crippen molar-refractivity contribution in [3.8, 4) is 0 Å². The fraction of sp³-hybridized carbons (Fsp3) is 0.222. The number of allylic oxidation sites excluding steroid dienone is 2. The number of rotatable bonds is 3. The topological polar surface area (TPSA) is 66.5 Å². The summed E-state index contributed by atoms with van der Waals surface area (Å²) in [6.45, 7) is 0. The van der Waals surface area contributed by atoms with E-state index in [1.54, 1.807) is 12.4 Å². The average molecular weight is 354 g/mol. The summed E-state index contributed by atoms with van der Waals surface area (Å²) >= 11 is 2.15. The van der Waals surface area contributed by atoms with Gasteiger partial charge in [-0.05, 0) is 0 Å². The molecule has 0 amide bonds. The second-order valence-electron chi connectivity index (χ2n) is 3.16. The van der Waals surface area contributed by atoms with Crippen molar-refractivity contribution in [2.45, 2.75) is 12.8 Å². The lowest BCUT2D eigenvalue weighted by molar-refractivity contribution is -0.684. The molecule has 5 nitrogen and oxygen atoms in total. The van der Waals surface area contributed by atoms with Crippen molar-refractivity contribution in [3.05, 3.63) is 23.8 Å². The Morgan fingerprint density at radius 3 is 3.00 bits per heavy atom. The van der Waals surface area contributed by atoms with Crippen molar-refractivity contribution in [3.63, 3.8) is 0 Å². The summed E-state index contributed by atoms with van der Waals surface area (Å²) in [6, 6.07) is 0. The van der Waals surface area contributed by atoms with Gasteiger partial charge in [-0.1, -0.05) is 0 Å². The van der Waals surface area contributed by atoms with E-state index in [1.165, 1.54) is 0 Å². The molecule has 7 heteroatoms. The molecule has 0 aromatic carbocycles. The summed E-state index contributed by atoms with van der Waals surface area (Å²) in [7, 11) is 0. The highest BCUT2D eigenvalue weighted by Gasteiger charge is 2.29. The largest absolute Gasteiger partial charge is 1.00 e. The molecule has 1 unspecified atom stereocenters. The monoisotopic (exact) mass is 353 g/mol. The number of nitrogens with zero attached hydrogens (tertiary/aromatic N) is 2. The number of carbonyl (C=O) groups is 1. The summed E-state index contributed by atoms with van der Waals surface area (Å²) in [5, 5.41) is 8.61. The van der Waals surface area contributed by atoms with Gasteiger partial charge in [0.25, 0.3) is 3.84 Å². The number of aliphatic imine (C=N–C) groups is 2. The normalized spacial score (nSPS) is 21.6. The van der Waals surface area contributed by atoms with E-state index in [1.807, 2.05) is 6.20 Å². The van der Waals surface area contributed by atoms with Crippen molar-refractivity contribution in [2.75, 3.05) is 0 Å². The minimum absolute atomic E-state index is 0. The molecular weight excluding hydrogens is 344 g/mol. The molecule has 86 valence electrons. The maximum Gasteiger partial charge on any atom is 0.303 e. The molecule has 2 N–H and O–H groups in total. The fourth-order valence-electron chi connectivity index (χ4n) is 1.46. The molecule has 0 aliphatic carbocycles. The average Bonchev–Trinajstić information content (AvgIpc) is 2.54. The van der Waals surface area contributed by atoms with Crippen molar-refractivity contribution >= 4 is 38.6 Å². The van der Waals surface area contributed by atoms with E-state index in [2.05, 4.69) is 32.6 Å². The van der Waals surface area contributed by atoms with Crippen LogP contribution in [0.25, 0.3) is 0 Å². The lowest BCUT2D eigenvalue weighted by Gasteiger charge is -2.08. The number of fused-ring (bicyclic) bond motifs is 1. The Morgan fingerprint density at radius 2 is 2.31 bits per heavy atom. The molecule has 0 aromatic heterocycles. The number of quaternary nitrogens is 1. The minimum Gasteiger partial charge on any atom is -1.00 e. The van der Waals surface area contributed by atoms with E-state index in [0.29, 0.717) is 6.42 Å². The smallest absolute Gasteiger partial charge is 0.303 e. The standard InChI is InChI=1S/C9H8IN3O2.ClH/c10-9-12-6(1-2-8(14)15)7-5-11-3-4-13(7)9;/h3-5H,1-2H2,(H,14,15);1H. The van der Waals surface area contributed by atoms with Gasteiger partial charge in [-0.25, -0.2) is 4.90 Å². The molecule has 0 saturated heterocycles. The molecule has 2 rings (SSSR count). The SMILES string of the molecule is O=C(O)CCC1=C2C=NC=C[NH+]2C(I)=N1.[Cl-]. The number of hydrogen-bond donors (Lipinski definition) is 2. The number of carboxylic acids is 1. The number of amidine groups is 1. The Kier molecular flexibility index (Phi) is 4.63. The van der Waals surface area contributed by atoms with Gasteiger partial charge in [0.1, 0.15) is 11.9 Å². The summed E-state index contributed by atoms with van der Waals surface area (Å²) in [5.74, 6) is -0.801. The summed E-state index contributed by atoms with van der Waals surface area (Å²) in [4.78, 5) is 19.9. The first kappa shape index (κ1) is 13.3. The van der Waals surface area contributed by atoms with E-state index < -0.39 is 5.97 Å². The third kappa shape index (κ3) is 2.69. The molecule has 2 aliphatic rings. The molecule has 2 heterocycles. The molecule has 1 atom stereocenters. The minimum atomic E-state index is -0.801. The molecule has 2 aliphatic heterocycles. The van der Waals surface area contributed by atoms with E-state index in [4.69, 9.17) is 5.11 Å². The first-order valence-corrected chi connectivity index (χ1v) is 5.53. The van der Waals surface area contributed by atoms with Gasteiger partial charge in [-0.15, -0.1) is 0 Å². The number of nitrogens with one attached hydrogen (secondary N) is 1. The van der Waals surface area contributed by atoms with Crippen LogP contribution < -0.4 is 17.3 Å². The Hall–Kier alpha value is -0.730. The van der Waals surface area contributed by atoms with Gasteiger partial charge in [0, 0.05) is 6.42 Å². The molecule has 0 aromatic rings. The Morgan fingerprint density at radius 1 is 1.56 bits per heavy atom. The predicted octanol–water partition coefficient (Wildman–Crippen LogP) is -2.69. The van der Waals surface area contributed by atoms with Gasteiger partial charge in [0.05, 0.1) is 41.4 Å². The van der Waals surface area contributed by atoms with Crippen molar-refractivity contribution in [1.82, 2.24) is 0 Å². The molecule has 0 fully saturated rings. The quantitative estimate of drug-likeness (QED) is 0.429. The van der Waals surface area contributed by atoms with Crippen LogP contribution in [0, 0.1) is 0 Å². The van der Waals surface area contributed by atoms with Crippen molar-refractivity contribution in [1.29, 1.82) is 0 Å². The van der Waals surface area contributed by atoms with Gasteiger partial charge in [-0.2, -0.15) is 4.99 Å². The lowest BCUT2D eigenvalue weighted by atomic mass is 10.2. The van der Waals surface area contributed by atoms with Crippen molar-refractivity contribution in [2.24, 2.45) is 9.98 Å². The number of aliphatic carboxylic acids is 1. The van der Waals surface area contributed by atoms with Gasteiger partial charge >= 0.3 is 5.97 Å². The maximum atomic E-state index is 10.5. The van der Waals surface area contributed by atoms with E-state index >= 15 is 0 Å². The fourth-order valence-corrected chi connectivity index (χ4v) is 2.22. The van der Waals surface area contributed by atoms with Crippen LogP contribution in [0.2, 0.25) is 0 Å². The third-order valence-electron chi connectivity index (χ3n) is 2.16. The highest BCUT2D eigenvalue weighted by Crippen LogP contribution is 2.15. The van der Waals surface area contributed by atoms with E-state index in [-0.39, 0.29) is 18.8 Å². The highest BCUT2D eigenvalue weighted by molar-refractivity contribution is 14.1. The van der Waals surface area contributed by atoms with Crippen LogP contribution in [0.15, 0.2) is 33.8 Å². The molecule has 0 bridgehead atoms. The van der Waals surface area contributed by atoms with Crippen LogP contribution >= 0.6 is 22.6 Å². The third-order valence-corrected chi connectivity index (χ3v) is 2.99. The molecular formula is C9H9ClIN3O2. The predicted molar refractivity (Wildman–Crippen MR) is 63.9 cm³/mol. The first-order chi connectivity index (χ1) is 7.18. The van der Waals surface area contributed by atoms with E-state index in [9.17, 15) is 4.79 Å². The van der Waals surface area contributed by atoms with Crippen LogP contribution in [0.1, 0.15) is 12.8 Å². The number of carboxylic acid groups (broad SMARTS) is 1. The molecule has 0 spiro atoms. The Bertz CT molecular complexity index is 428. The molecule has 16 heavy (non-hydrogen) atoms. The van der Waals surface area contributed by atoms with E-state index in [0.717, 1.165) is 20.1 Å². The van der Waals surface area contributed by atoms with Gasteiger partial charge in [0.2, 0.25) is 0 Å².